The molecule has 7 nitrogen and oxygen atoms in total. The maximum Gasteiger partial charge on any atom is 0.247 e. The molecule has 0 aliphatic carbocycles. The summed E-state index contributed by atoms with van der Waals surface area (Å²) in [6, 6.07) is 7.86. The van der Waals surface area contributed by atoms with E-state index in [1.807, 2.05) is 51.1 Å². The maximum absolute atomic E-state index is 14.7. The van der Waals surface area contributed by atoms with Crippen LogP contribution in [0.2, 0.25) is 0 Å². The number of benzene rings is 1. The van der Waals surface area contributed by atoms with Gasteiger partial charge in [-0.05, 0) is 38.7 Å². The van der Waals surface area contributed by atoms with E-state index in [1.165, 1.54) is 0 Å². The number of likely N-dealkylation sites (N-methyl/N-ethyl adjacent to an activating group) is 1. The molecule has 2 bridgehead atoms. The van der Waals surface area contributed by atoms with E-state index in [2.05, 4.69) is 20.1 Å². The normalized spacial score (nSPS) is 30.6. The zero-order valence-electron chi connectivity index (χ0n) is 23.2. The lowest BCUT2D eigenvalue weighted by molar-refractivity contribution is -0.148. The molecule has 3 heterocycles. The monoisotopic (exact) mass is 539 g/mol. The molecule has 38 heavy (non-hydrogen) atoms. The van der Waals surface area contributed by atoms with E-state index in [0.717, 1.165) is 12.0 Å². The molecular weight excluding hydrogens is 498 g/mol. The Morgan fingerprint density at radius 2 is 1.82 bits per heavy atom. The lowest BCUT2D eigenvalue weighted by Gasteiger charge is -2.45. The number of carbonyl (C=O) groups excluding carboxylic acids is 3. The van der Waals surface area contributed by atoms with E-state index >= 15 is 0 Å². The summed E-state index contributed by atoms with van der Waals surface area (Å²) < 4.78 is -0.763. The molecule has 3 amide bonds. The minimum atomic E-state index is -0.816. The SMILES string of the molecule is C=CCN(C)C(=O)[C@@H]1[C@H]2C(=O)N([C@H](CO)c3ccccc3)C(C(=O)N(CC=C)C(C)(C)C)C23S[C@@H]1CC3C. The number of fused-ring (bicyclic) bond motifs is 1. The largest absolute Gasteiger partial charge is 0.394 e. The number of aliphatic hydroxyl groups is 1. The van der Waals surface area contributed by atoms with Crippen molar-refractivity contribution in [1.82, 2.24) is 14.7 Å². The first-order valence-electron chi connectivity index (χ1n) is 13.4. The van der Waals surface area contributed by atoms with Crippen molar-refractivity contribution in [3.8, 4) is 0 Å². The van der Waals surface area contributed by atoms with Gasteiger partial charge in [0.25, 0.3) is 0 Å². The molecule has 3 aliphatic heterocycles. The minimum absolute atomic E-state index is 0.0389. The quantitative estimate of drug-likeness (QED) is 0.486. The van der Waals surface area contributed by atoms with Crippen molar-refractivity contribution in [1.29, 1.82) is 0 Å². The van der Waals surface area contributed by atoms with Crippen LogP contribution in [0.5, 0.6) is 0 Å². The number of rotatable bonds is 9. The summed E-state index contributed by atoms with van der Waals surface area (Å²) in [4.78, 5) is 48.0. The molecule has 1 aromatic carbocycles. The van der Waals surface area contributed by atoms with E-state index in [4.69, 9.17) is 0 Å². The Bertz CT molecular complexity index is 1100. The highest BCUT2D eigenvalue weighted by Crippen LogP contribution is 2.69. The van der Waals surface area contributed by atoms with E-state index in [1.54, 1.807) is 45.7 Å². The molecule has 0 saturated carbocycles. The predicted octanol–water partition coefficient (Wildman–Crippen LogP) is 3.51. The molecule has 4 rings (SSSR count). The number of aliphatic hydroxyl groups excluding tert-OH is 1. The van der Waals surface area contributed by atoms with Crippen molar-refractivity contribution in [2.24, 2.45) is 17.8 Å². The van der Waals surface area contributed by atoms with Crippen molar-refractivity contribution in [3.05, 3.63) is 61.2 Å². The maximum atomic E-state index is 14.7. The summed E-state index contributed by atoms with van der Waals surface area (Å²) in [6.45, 7) is 16.1. The molecule has 3 unspecified atom stereocenters. The average Bonchev–Trinajstić information content (AvgIpc) is 3.46. The molecule has 1 spiro atoms. The molecule has 0 aromatic heterocycles. The Labute approximate surface area is 230 Å². The summed E-state index contributed by atoms with van der Waals surface area (Å²) in [5.74, 6) is -1.58. The number of carbonyl (C=O) groups is 3. The molecule has 3 aliphatic rings. The second-order valence-corrected chi connectivity index (χ2v) is 13.4. The Morgan fingerprint density at radius 3 is 2.37 bits per heavy atom. The van der Waals surface area contributed by atoms with Gasteiger partial charge in [0.1, 0.15) is 6.04 Å². The van der Waals surface area contributed by atoms with Crippen LogP contribution >= 0.6 is 11.8 Å². The van der Waals surface area contributed by atoms with Crippen LogP contribution in [-0.4, -0.2) is 85.8 Å². The predicted molar refractivity (Wildman–Crippen MR) is 151 cm³/mol. The standard InChI is InChI=1S/C30H41N3O4S/c1-8-15-31(7)26(35)23-22-17-19(3)30(38-22)24(23)27(36)33(21(18-34)20-13-11-10-12-14-20)25(30)28(37)32(16-9-2)29(4,5)6/h8-14,19,21-25,34H,1-2,15-18H2,3-7H3/t19?,21-,22-,23+,24+,25?,30?/m1/s1. The summed E-state index contributed by atoms with van der Waals surface area (Å²) >= 11 is 1.65. The molecule has 8 heteroatoms. The molecule has 1 aromatic rings. The smallest absolute Gasteiger partial charge is 0.247 e. The number of thioether (sulfide) groups is 1. The Hall–Kier alpha value is -2.58. The number of nitrogens with zero attached hydrogens (tertiary/aromatic N) is 3. The molecule has 7 atom stereocenters. The first-order chi connectivity index (χ1) is 17.9. The summed E-state index contributed by atoms with van der Waals surface area (Å²) in [5.41, 5.74) is 0.252. The fourth-order valence-electron chi connectivity index (χ4n) is 6.90. The van der Waals surface area contributed by atoms with Crippen molar-refractivity contribution in [3.63, 3.8) is 0 Å². The Kier molecular flexibility index (Phi) is 7.88. The first-order valence-corrected chi connectivity index (χ1v) is 14.3. The van der Waals surface area contributed by atoms with Crippen molar-refractivity contribution < 1.29 is 19.5 Å². The molecule has 3 saturated heterocycles. The van der Waals surface area contributed by atoms with Crippen LogP contribution < -0.4 is 0 Å². The molecule has 1 N–H and O–H groups in total. The second kappa shape index (κ2) is 10.5. The van der Waals surface area contributed by atoms with Crippen LogP contribution in [0.1, 0.15) is 45.7 Å². The highest BCUT2D eigenvalue weighted by Gasteiger charge is 2.77. The summed E-state index contributed by atoms with van der Waals surface area (Å²) in [5, 5.41) is 10.6. The molecule has 0 radical (unpaired) electrons. The molecular formula is C30H41N3O4S. The molecule has 3 fully saturated rings. The van der Waals surface area contributed by atoms with Gasteiger partial charge in [0.2, 0.25) is 17.7 Å². The zero-order valence-corrected chi connectivity index (χ0v) is 24.0. The number of amides is 3. The Balaban J connectivity index is 1.90. The van der Waals surface area contributed by atoms with Crippen molar-refractivity contribution >= 4 is 29.5 Å². The molecule has 206 valence electrons. The van der Waals surface area contributed by atoms with E-state index in [0.29, 0.717) is 13.1 Å². The highest BCUT2D eigenvalue weighted by atomic mass is 32.2. The number of hydrogen-bond donors (Lipinski definition) is 1. The average molecular weight is 540 g/mol. The Morgan fingerprint density at radius 1 is 1.18 bits per heavy atom. The highest BCUT2D eigenvalue weighted by molar-refractivity contribution is 8.02. The topological polar surface area (TPSA) is 81.2 Å². The van der Waals surface area contributed by atoms with Gasteiger partial charge < -0.3 is 19.8 Å². The van der Waals surface area contributed by atoms with Gasteiger partial charge in [0.05, 0.1) is 29.2 Å². The van der Waals surface area contributed by atoms with Crippen molar-refractivity contribution in [2.45, 2.75) is 61.7 Å². The van der Waals surface area contributed by atoms with Gasteiger partial charge in [-0.15, -0.1) is 24.9 Å². The van der Waals surface area contributed by atoms with Gasteiger partial charge >= 0.3 is 0 Å². The van der Waals surface area contributed by atoms with Gasteiger partial charge in [-0.25, -0.2) is 0 Å². The number of hydrogen-bond acceptors (Lipinski definition) is 5. The summed E-state index contributed by atoms with van der Waals surface area (Å²) in [7, 11) is 1.74. The van der Waals surface area contributed by atoms with Gasteiger partial charge in [-0.2, -0.15) is 0 Å². The van der Waals surface area contributed by atoms with Crippen LogP contribution in [0.25, 0.3) is 0 Å². The van der Waals surface area contributed by atoms with Gasteiger partial charge in [-0.1, -0.05) is 49.4 Å². The van der Waals surface area contributed by atoms with E-state index in [-0.39, 0.29) is 35.5 Å². The third-order valence-electron chi connectivity index (χ3n) is 8.56. The van der Waals surface area contributed by atoms with Gasteiger partial charge in [0, 0.05) is 30.9 Å². The van der Waals surface area contributed by atoms with Crippen LogP contribution in [0.15, 0.2) is 55.6 Å². The fourth-order valence-corrected chi connectivity index (χ4v) is 9.29. The lowest BCUT2D eigenvalue weighted by atomic mass is 9.65. The van der Waals surface area contributed by atoms with Gasteiger partial charge in [0.15, 0.2) is 0 Å². The second-order valence-electron chi connectivity index (χ2n) is 11.8. The van der Waals surface area contributed by atoms with E-state index < -0.39 is 34.2 Å². The lowest BCUT2D eigenvalue weighted by Crippen LogP contribution is -2.61. The number of likely N-dealkylation sites (tertiary alicyclic amines) is 1. The van der Waals surface area contributed by atoms with Crippen molar-refractivity contribution in [2.75, 3.05) is 26.7 Å². The van der Waals surface area contributed by atoms with Crippen LogP contribution in [0, 0.1) is 17.8 Å². The first kappa shape index (κ1) is 28.4. The van der Waals surface area contributed by atoms with Crippen LogP contribution in [-0.2, 0) is 14.4 Å². The van der Waals surface area contributed by atoms with Crippen LogP contribution in [0.4, 0.5) is 0 Å². The van der Waals surface area contributed by atoms with E-state index in [9.17, 15) is 19.5 Å². The summed E-state index contributed by atoms with van der Waals surface area (Å²) in [6.07, 6.45) is 4.15. The third-order valence-corrected chi connectivity index (χ3v) is 10.6. The fraction of sp³-hybridized carbons (Fsp3) is 0.567. The van der Waals surface area contributed by atoms with Gasteiger partial charge in [-0.3, -0.25) is 14.4 Å². The minimum Gasteiger partial charge on any atom is -0.394 e. The van der Waals surface area contributed by atoms with Crippen LogP contribution in [0.3, 0.4) is 0 Å². The third kappa shape index (κ3) is 4.30. The zero-order chi connectivity index (χ0) is 28.0.